The molecule has 0 bridgehead atoms. The third-order valence-corrected chi connectivity index (χ3v) is 3.92. The average molecular weight is 293 g/mol. The molecule has 0 spiro atoms. The van der Waals surface area contributed by atoms with Gasteiger partial charge in [-0.05, 0) is 31.0 Å². The minimum atomic E-state index is -0.0294. The fourth-order valence-corrected chi connectivity index (χ4v) is 2.88. The molecule has 1 N–H and O–H groups in total. The van der Waals surface area contributed by atoms with E-state index in [1.54, 1.807) is 0 Å². The summed E-state index contributed by atoms with van der Waals surface area (Å²) < 4.78 is 0.908. The molecule has 1 aromatic heterocycles. The second-order valence-electron chi connectivity index (χ2n) is 4.59. The zero-order chi connectivity index (χ0) is 11.8. The molecule has 1 aliphatic carbocycles. The van der Waals surface area contributed by atoms with Crippen molar-refractivity contribution in [3.63, 3.8) is 0 Å². The van der Waals surface area contributed by atoms with Gasteiger partial charge < -0.3 is 4.98 Å². The lowest BCUT2D eigenvalue weighted by Gasteiger charge is -2.08. The molecular weight excluding hydrogens is 280 g/mol. The van der Waals surface area contributed by atoms with Crippen molar-refractivity contribution in [2.45, 2.75) is 31.6 Å². The molecule has 1 fully saturated rings. The lowest BCUT2D eigenvalue weighted by molar-refractivity contribution is 0.669. The van der Waals surface area contributed by atoms with E-state index in [-0.39, 0.29) is 5.56 Å². The van der Waals surface area contributed by atoms with Crippen LogP contribution in [-0.4, -0.2) is 9.97 Å². The van der Waals surface area contributed by atoms with Gasteiger partial charge in [-0.25, -0.2) is 4.98 Å². The third kappa shape index (κ3) is 2.02. The van der Waals surface area contributed by atoms with Crippen LogP contribution in [0.15, 0.2) is 27.5 Å². The van der Waals surface area contributed by atoms with E-state index in [0.717, 1.165) is 28.7 Å². The molecule has 17 heavy (non-hydrogen) atoms. The number of rotatable bonds is 1. The fraction of sp³-hybridized carbons (Fsp3) is 0.385. The molecule has 3 rings (SSSR count). The van der Waals surface area contributed by atoms with Gasteiger partial charge in [0.05, 0.1) is 10.9 Å². The molecule has 0 unspecified atom stereocenters. The molecular formula is C13H13BrN2O. The molecule has 0 saturated heterocycles. The summed E-state index contributed by atoms with van der Waals surface area (Å²) in [4.78, 5) is 19.5. The minimum Gasteiger partial charge on any atom is -0.310 e. The molecule has 1 aliphatic rings. The van der Waals surface area contributed by atoms with Crippen LogP contribution in [-0.2, 0) is 0 Å². The highest BCUT2D eigenvalue weighted by Gasteiger charge is 2.19. The Morgan fingerprint density at radius 2 is 2.06 bits per heavy atom. The summed E-state index contributed by atoms with van der Waals surface area (Å²) in [7, 11) is 0. The lowest BCUT2D eigenvalue weighted by atomic mass is 10.1. The second kappa shape index (κ2) is 4.26. The Morgan fingerprint density at radius 1 is 1.29 bits per heavy atom. The van der Waals surface area contributed by atoms with Gasteiger partial charge in [0.1, 0.15) is 5.82 Å². The van der Waals surface area contributed by atoms with E-state index >= 15 is 0 Å². The minimum absolute atomic E-state index is 0.0294. The van der Waals surface area contributed by atoms with Crippen LogP contribution < -0.4 is 5.56 Å². The maximum absolute atomic E-state index is 12.0. The largest absolute Gasteiger partial charge is 0.310 e. The standard InChI is InChI=1S/C13H13BrN2O/c14-9-5-6-11-10(7-9)13(17)16-12(15-11)8-3-1-2-4-8/h5-8H,1-4H2,(H,15,16,17). The number of fused-ring (bicyclic) bond motifs is 1. The van der Waals surface area contributed by atoms with Gasteiger partial charge in [0, 0.05) is 10.4 Å². The van der Waals surface area contributed by atoms with Crippen LogP contribution in [0.3, 0.4) is 0 Å². The van der Waals surface area contributed by atoms with E-state index in [0.29, 0.717) is 11.3 Å². The summed E-state index contributed by atoms with van der Waals surface area (Å²) in [5.74, 6) is 1.30. The Labute approximate surface area is 107 Å². The van der Waals surface area contributed by atoms with Gasteiger partial charge in [0.25, 0.3) is 5.56 Å². The first-order chi connectivity index (χ1) is 8.24. The van der Waals surface area contributed by atoms with Gasteiger partial charge in [-0.15, -0.1) is 0 Å². The molecule has 4 heteroatoms. The maximum atomic E-state index is 12.0. The van der Waals surface area contributed by atoms with Gasteiger partial charge in [-0.3, -0.25) is 4.79 Å². The number of aromatic nitrogens is 2. The highest BCUT2D eigenvalue weighted by molar-refractivity contribution is 9.10. The first kappa shape index (κ1) is 11.0. The fourth-order valence-electron chi connectivity index (χ4n) is 2.52. The van der Waals surface area contributed by atoms with Crippen molar-refractivity contribution in [1.82, 2.24) is 9.97 Å². The summed E-state index contributed by atoms with van der Waals surface area (Å²) in [6.07, 6.45) is 4.77. The molecule has 1 heterocycles. The normalized spacial score (nSPS) is 16.8. The van der Waals surface area contributed by atoms with Crippen LogP contribution in [0, 0.1) is 0 Å². The van der Waals surface area contributed by atoms with Crippen molar-refractivity contribution in [2.24, 2.45) is 0 Å². The zero-order valence-electron chi connectivity index (χ0n) is 9.37. The highest BCUT2D eigenvalue weighted by atomic mass is 79.9. The van der Waals surface area contributed by atoms with E-state index in [4.69, 9.17) is 0 Å². The molecule has 3 nitrogen and oxygen atoms in total. The number of benzene rings is 1. The number of halogens is 1. The van der Waals surface area contributed by atoms with Gasteiger partial charge in [-0.1, -0.05) is 28.8 Å². The van der Waals surface area contributed by atoms with E-state index in [2.05, 4.69) is 25.9 Å². The summed E-state index contributed by atoms with van der Waals surface area (Å²) >= 11 is 3.37. The van der Waals surface area contributed by atoms with Crippen molar-refractivity contribution in [3.05, 3.63) is 38.9 Å². The quantitative estimate of drug-likeness (QED) is 0.876. The van der Waals surface area contributed by atoms with Gasteiger partial charge >= 0.3 is 0 Å². The molecule has 0 atom stereocenters. The molecule has 0 aliphatic heterocycles. The van der Waals surface area contributed by atoms with Crippen LogP contribution in [0.5, 0.6) is 0 Å². The Balaban J connectivity index is 2.17. The predicted octanol–water partition coefficient (Wildman–Crippen LogP) is 3.34. The van der Waals surface area contributed by atoms with Crippen LogP contribution in [0.1, 0.15) is 37.4 Å². The monoisotopic (exact) mass is 292 g/mol. The smallest absolute Gasteiger partial charge is 0.258 e. The topological polar surface area (TPSA) is 45.8 Å². The maximum Gasteiger partial charge on any atom is 0.258 e. The number of aromatic amines is 1. The molecule has 0 amide bonds. The van der Waals surface area contributed by atoms with Crippen LogP contribution >= 0.6 is 15.9 Å². The first-order valence-electron chi connectivity index (χ1n) is 5.93. The average Bonchev–Trinajstić information content (AvgIpc) is 2.83. The van der Waals surface area contributed by atoms with Gasteiger partial charge in [0.15, 0.2) is 0 Å². The van der Waals surface area contributed by atoms with Crippen LogP contribution in [0.4, 0.5) is 0 Å². The predicted molar refractivity (Wildman–Crippen MR) is 71.3 cm³/mol. The number of hydrogen-bond donors (Lipinski definition) is 1. The van der Waals surface area contributed by atoms with E-state index in [9.17, 15) is 4.79 Å². The van der Waals surface area contributed by atoms with E-state index < -0.39 is 0 Å². The second-order valence-corrected chi connectivity index (χ2v) is 5.51. The zero-order valence-corrected chi connectivity index (χ0v) is 11.0. The molecule has 1 saturated carbocycles. The summed E-state index contributed by atoms with van der Waals surface area (Å²) in [6, 6.07) is 5.64. The molecule has 2 aromatic rings. The van der Waals surface area contributed by atoms with E-state index in [1.807, 2.05) is 18.2 Å². The summed E-state index contributed by atoms with van der Waals surface area (Å²) in [6.45, 7) is 0. The molecule has 1 aromatic carbocycles. The Hall–Kier alpha value is -1.16. The Morgan fingerprint density at radius 3 is 2.82 bits per heavy atom. The van der Waals surface area contributed by atoms with Crippen molar-refractivity contribution in [3.8, 4) is 0 Å². The van der Waals surface area contributed by atoms with Gasteiger partial charge in [0.2, 0.25) is 0 Å². The number of nitrogens with zero attached hydrogens (tertiary/aromatic N) is 1. The van der Waals surface area contributed by atoms with Crippen molar-refractivity contribution >= 4 is 26.8 Å². The van der Waals surface area contributed by atoms with Crippen molar-refractivity contribution in [2.75, 3.05) is 0 Å². The van der Waals surface area contributed by atoms with Crippen LogP contribution in [0.25, 0.3) is 10.9 Å². The summed E-state index contributed by atoms with van der Waals surface area (Å²) in [5, 5.41) is 0.654. The number of H-pyrrole nitrogens is 1. The van der Waals surface area contributed by atoms with Crippen LogP contribution in [0.2, 0.25) is 0 Å². The lowest BCUT2D eigenvalue weighted by Crippen LogP contribution is -2.13. The third-order valence-electron chi connectivity index (χ3n) is 3.43. The van der Waals surface area contributed by atoms with Crippen molar-refractivity contribution < 1.29 is 0 Å². The van der Waals surface area contributed by atoms with Crippen molar-refractivity contribution in [1.29, 1.82) is 0 Å². The number of nitrogens with one attached hydrogen (secondary N) is 1. The number of hydrogen-bond acceptors (Lipinski definition) is 2. The molecule has 88 valence electrons. The molecule has 0 radical (unpaired) electrons. The summed E-state index contributed by atoms with van der Waals surface area (Å²) in [5.41, 5.74) is 0.761. The Kier molecular flexibility index (Phi) is 2.74. The van der Waals surface area contributed by atoms with Gasteiger partial charge in [-0.2, -0.15) is 0 Å². The van der Waals surface area contributed by atoms with E-state index in [1.165, 1.54) is 12.8 Å². The Bertz CT molecular complexity index is 614. The highest BCUT2D eigenvalue weighted by Crippen LogP contribution is 2.32. The first-order valence-corrected chi connectivity index (χ1v) is 6.73. The SMILES string of the molecule is O=c1[nH]c(C2CCCC2)nc2ccc(Br)cc12.